The highest BCUT2D eigenvalue weighted by Crippen LogP contribution is 2.28. The second kappa shape index (κ2) is 4.16. The lowest BCUT2D eigenvalue weighted by Crippen LogP contribution is -1.97. The number of fused-ring (bicyclic) bond motifs is 1. The summed E-state index contributed by atoms with van der Waals surface area (Å²) in [4.78, 5) is 22.0. The minimum absolute atomic E-state index is 0.0647. The summed E-state index contributed by atoms with van der Waals surface area (Å²) in [6.45, 7) is 0. The van der Waals surface area contributed by atoms with Crippen LogP contribution in [0.2, 0.25) is 0 Å². The molecule has 0 bridgehead atoms. The van der Waals surface area contributed by atoms with Gasteiger partial charge in [-0.15, -0.1) is 0 Å². The van der Waals surface area contributed by atoms with E-state index in [9.17, 15) is 9.18 Å². The van der Waals surface area contributed by atoms with Gasteiger partial charge in [0, 0.05) is 11.8 Å². The molecule has 2 N–H and O–H groups in total. The first-order valence-electron chi connectivity index (χ1n) is 5.48. The fourth-order valence-corrected chi connectivity index (χ4v) is 1.99. The molecule has 5 nitrogen and oxygen atoms in total. The monoisotopic (exact) mass is 257 g/mol. The van der Waals surface area contributed by atoms with Crippen LogP contribution in [-0.4, -0.2) is 26.0 Å². The van der Waals surface area contributed by atoms with Crippen molar-refractivity contribution in [2.45, 2.75) is 0 Å². The zero-order valence-electron chi connectivity index (χ0n) is 9.59. The number of carboxylic acid groups (broad SMARTS) is 1. The lowest BCUT2D eigenvalue weighted by molar-refractivity contribution is 0.0699. The van der Waals surface area contributed by atoms with Gasteiger partial charge in [-0.3, -0.25) is 0 Å². The summed E-state index contributed by atoms with van der Waals surface area (Å²) < 4.78 is 13.3. The number of aromatic nitrogens is 3. The maximum atomic E-state index is 13.3. The molecule has 0 fully saturated rings. The first-order chi connectivity index (χ1) is 9.16. The molecule has 3 rings (SSSR count). The molecular weight excluding hydrogens is 249 g/mol. The van der Waals surface area contributed by atoms with Gasteiger partial charge < -0.3 is 10.1 Å². The molecular formula is C13H8FN3O2. The molecule has 0 aliphatic heterocycles. The maximum absolute atomic E-state index is 13.3. The summed E-state index contributed by atoms with van der Waals surface area (Å²) in [6.07, 6.45) is 2.66. The number of aromatic carboxylic acids is 1. The second-order valence-corrected chi connectivity index (χ2v) is 3.96. The second-order valence-electron chi connectivity index (χ2n) is 3.96. The standard InChI is InChI=1S/C13H8FN3O2/c14-8-3-1-2-7(4-8)11-10-9(13(18)19)5-15-12(10)17-6-16-11/h1-6H,(H,18,19)(H,15,16,17). The highest BCUT2D eigenvalue weighted by atomic mass is 19.1. The zero-order chi connectivity index (χ0) is 13.4. The van der Waals surface area contributed by atoms with Crippen molar-refractivity contribution in [1.82, 2.24) is 15.0 Å². The van der Waals surface area contributed by atoms with Crippen molar-refractivity contribution in [3.63, 3.8) is 0 Å². The van der Waals surface area contributed by atoms with Gasteiger partial charge in [0.1, 0.15) is 17.8 Å². The first kappa shape index (κ1) is 11.3. The fourth-order valence-electron chi connectivity index (χ4n) is 1.99. The van der Waals surface area contributed by atoms with Gasteiger partial charge >= 0.3 is 5.97 Å². The Morgan fingerprint density at radius 3 is 2.89 bits per heavy atom. The van der Waals surface area contributed by atoms with Crippen LogP contribution in [0.25, 0.3) is 22.3 Å². The van der Waals surface area contributed by atoms with E-state index >= 15 is 0 Å². The number of benzene rings is 1. The van der Waals surface area contributed by atoms with Crippen LogP contribution in [0, 0.1) is 5.82 Å². The molecule has 0 unspecified atom stereocenters. The van der Waals surface area contributed by atoms with E-state index in [-0.39, 0.29) is 5.56 Å². The van der Waals surface area contributed by atoms with E-state index in [1.54, 1.807) is 12.1 Å². The number of halogens is 1. The van der Waals surface area contributed by atoms with Gasteiger partial charge in [0.2, 0.25) is 0 Å². The third-order valence-electron chi connectivity index (χ3n) is 2.80. The van der Waals surface area contributed by atoms with E-state index in [1.807, 2.05) is 0 Å². The molecule has 0 aliphatic carbocycles. The van der Waals surface area contributed by atoms with Crippen molar-refractivity contribution in [1.29, 1.82) is 0 Å². The molecule has 19 heavy (non-hydrogen) atoms. The Bertz CT molecular complexity index is 782. The predicted octanol–water partition coefficient (Wildman–Crippen LogP) is 2.46. The first-order valence-corrected chi connectivity index (χ1v) is 5.48. The molecule has 0 saturated carbocycles. The Kier molecular flexibility index (Phi) is 2.49. The van der Waals surface area contributed by atoms with Crippen LogP contribution in [-0.2, 0) is 0 Å². The summed E-state index contributed by atoms with van der Waals surface area (Å²) in [5, 5.41) is 9.52. The highest BCUT2D eigenvalue weighted by Gasteiger charge is 2.17. The molecule has 0 amide bonds. The van der Waals surface area contributed by atoms with Crippen LogP contribution in [0.5, 0.6) is 0 Å². The van der Waals surface area contributed by atoms with Crippen LogP contribution >= 0.6 is 0 Å². The lowest BCUT2D eigenvalue weighted by Gasteiger charge is -2.03. The van der Waals surface area contributed by atoms with E-state index in [1.165, 1.54) is 24.7 Å². The number of aromatic amines is 1. The number of carbonyl (C=O) groups is 1. The molecule has 0 aliphatic rings. The largest absolute Gasteiger partial charge is 0.478 e. The third kappa shape index (κ3) is 1.83. The smallest absolute Gasteiger partial charge is 0.338 e. The molecule has 3 aromatic rings. The van der Waals surface area contributed by atoms with Gasteiger partial charge in [-0.1, -0.05) is 12.1 Å². The minimum atomic E-state index is -1.08. The van der Waals surface area contributed by atoms with E-state index in [4.69, 9.17) is 5.11 Å². The van der Waals surface area contributed by atoms with E-state index in [0.29, 0.717) is 22.3 Å². The normalized spacial score (nSPS) is 10.8. The Morgan fingerprint density at radius 1 is 1.32 bits per heavy atom. The van der Waals surface area contributed by atoms with E-state index in [2.05, 4.69) is 15.0 Å². The van der Waals surface area contributed by atoms with Gasteiger partial charge in [-0.25, -0.2) is 19.2 Å². The van der Waals surface area contributed by atoms with Crippen molar-refractivity contribution in [2.75, 3.05) is 0 Å². The summed E-state index contributed by atoms with van der Waals surface area (Å²) in [5.41, 5.74) is 1.37. The van der Waals surface area contributed by atoms with Gasteiger partial charge in [0.05, 0.1) is 16.6 Å². The topological polar surface area (TPSA) is 78.9 Å². The SMILES string of the molecule is O=C(O)c1c[nH]c2ncnc(-c3cccc(F)c3)c12. The van der Waals surface area contributed by atoms with Crippen LogP contribution in [0.1, 0.15) is 10.4 Å². The van der Waals surface area contributed by atoms with Gasteiger partial charge in [-0.05, 0) is 12.1 Å². The van der Waals surface area contributed by atoms with Crippen molar-refractivity contribution >= 4 is 17.0 Å². The molecule has 0 saturated heterocycles. The fraction of sp³-hybridized carbons (Fsp3) is 0. The third-order valence-corrected chi connectivity index (χ3v) is 2.80. The Morgan fingerprint density at radius 2 is 2.16 bits per heavy atom. The van der Waals surface area contributed by atoms with E-state index < -0.39 is 11.8 Å². The lowest BCUT2D eigenvalue weighted by atomic mass is 10.1. The summed E-state index contributed by atoms with van der Waals surface area (Å²) >= 11 is 0. The highest BCUT2D eigenvalue weighted by molar-refractivity contribution is 6.07. The predicted molar refractivity (Wildman–Crippen MR) is 66.2 cm³/mol. The Labute approximate surface area is 106 Å². The van der Waals surface area contributed by atoms with Crippen molar-refractivity contribution < 1.29 is 14.3 Å². The van der Waals surface area contributed by atoms with Crippen LogP contribution in [0.4, 0.5) is 4.39 Å². The number of H-pyrrole nitrogens is 1. The number of rotatable bonds is 2. The molecule has 2 heterocycles. The summed E-state index contributed by atoms with van der Waals surface area (Å²) in [6, 6.07) is 5.84. The van der Waals surface area contributed by atoms with Crippen LogP contribution in [0.15, 0.2) is 36.8 Å². The molecule has 2 aromatic heterocycles. The van der Waals surface area contributed by atoms with Gasteiger partial charge in [-0.2, -0.15) is 0 Å². The molecule has 0 atom stereocenters. The van der Waals surface area contributed by atoms with Crippen molar-refractivity contribution in [3.8, 4) is 11.3 Å². The molecule has 0 spiro atoms. The zero-order valence-corrected chi connectivity index (χ0v) is 9.59. The van der Waals surface area contributed by atoms with Gasteiger partial charge in [0.15, 0.2) is 0 Å². The summed E-state index contributed by atoms with van der Waals surface area (Å²) in [5.74, 6) is -1.49. The quantitative estimate of drug-likeness (QED) is 0.739. The van der Waals surface area contributed by atoms with Crippen molar-refractivity contribution in [2.24, 2.45) is 0 Å². The Hall–Kier alpha value is -2.76. The average molecular weight is 257 g/mol. The molecule has 0 radical (unpaired) electrons. The van der Waals surface area contributed by atoms with Crippen LogP contribution < -0.4 is 0 Å². The van der Waals surface area contributed by atoms with E-state index in [0.717, 1.165) is 0 Å². The average Bonchev–Trinajstić information content (AvgIpc) is 2.82. The molecule has 6 heteroatoms. The Balaban J connectivity index is 2.35. The number of carboxylic acids is 1. The van der Waals surface area contributed by atoms with Crippen molar-refractivity contribution in [3.05, 3.63) is 48.2 Å². The number of hydrogen-bond donors (Lipinski definition) is 2. The van der Waals surface area contributed by atoms with Gasteiger partial charge in [0.25, 0.3) is 0 Å². The minimum Gasteiger partial charge on any atom is -0.478 e. The summed E-state index contributed by atoms with van der Waals surface area (Å²) in [7, 11) is 0. The molecule has 1 aromatic carbocycles. The molecule has 94 valence electrons. The van der Waals surface area contributed by atoms with Crippen LogP contribution in [0.3, 0.4) is 0 Å². The number of nitrogens with one attached hydrogen (secondary N) is 1. The number of hydrogen-bond acceptors (Lipinski definition) is 3. The maximum Gasteiger partial charge on any atom is 0.338 e. The number of nitrogens with zero attached hydrogens (tertiary/aromatic N) is 2.